The van der Waals surface area contributed by atoms with E-state index < -0.39 is 0 Å². The Labute approximate surface area is 117 Å². The fourth-order valence-electron chi connectivity index (χ4n) is 2.24. The van der Waals surface area contributed by atoms with Crippen molar-refractivity contribution in [2.75, 3.05) is 7.11 Å². The molecule has 0 atom stereocenters. The van der Waals surface area contributed by atoms with Gasteiger partial charge in [0.15, 0.2) is 0 Å². The molecule has 1 aliphatic carbocycles. The summed E-state index contributed by atoms with van der Waals surface area (Å²) in [6, 6.07) is 6.33. The molecule has 0 unspecified atom stereocenters. The fraction of sp³-hybridized carbons (Fsp3) is 0.214. The lowest BCUT2D eigenvalue weighted by molar-refractivity contribution is 0.414. The van der Waals surface area contributed by atoms with Gasteiger partial charge in [-0.05, 0) is 47.8 Å². The van der Waals surface area contributed by atoms with E-state index >= 15 is 0 Å². The Kier molecular flexibility index (Phi) is 4.04. The quantitative estimate of drug-likeness (QED) is 0.827. The van der Waals surface area contributed by atoms with Crippen molar-refractivity contribution in [2.24, 2.45) is 0 Å². The van der Waals surface area contributed by atoms with Crippen molar-refractivity contribution in [2.45, 2.75) is 12.8 Å². The Balaban J connectivity index is 0.00000120. The molecular formula is C14H14ClNOS. The number of aromatic nitrogens is 1. The van der Waals surface area contributed by atoms with Crippen LogP contribution in [0.25, 0.3) is 11.6 Å². The number of methoxy groups -OCH3 is 1. The normalized spacial score (nSPS) is 15.3. The van der Waals surface area contributed by atoms with Crippen LogP contribution in [-0.4, -0.2) is 12.1 Å². The molecule has 0 saturated heterocycles. The monoisotopic (exact) mass is 279 g/mol. The van der Waals surface area contributed by atoms with Crippen LogP contribution in [0.1, 0.15) is 22.4 Å². The van der Waals surface area contributed by atoms with E-state index in [0.717, 1.165) is 18.6 Å². The SMILES string of the molecule is COc1ccc2c(c1)CCC2=Cc1cncs1.Cl. The number of hydrogen-bond acceptors (Lipinski definition) is 3. The highest BCUT2D eigenvalue weighted by atomic mass is 35.5. The summed E-state index contributed by atoms with van der Waals surface area (Å²) in [5, 5.41) is 0. The minimum atomic E-state index is 0. The van der Waals surface area contributed by atoms with E-state index in [1.165, 1.54) is 21.6 Å². The van der Waals surface area contributed by atoms with Gasteiger partial charge in [0.2, 0.25) is 0 Å². The summed E-state index contributed by atoms with van der Waals surface area (Å²) in [5.74, 6) is 0.947. The summed E-state index contributed by atoms with van der Waals surface area (Å²) in [6.45, 7) is 0. The molecular weight excluding hydrogens is 266 g/mol. The zero-order valence-corrected chi connectivity index (χ0v) is 11.7. The topological polar surface area (TPSA) is 22.1 Å². The molecule has 3 rings (SSSR count). The van der Waals surface area contributed by atoms with Gasteiger partial charge < -0.3 is 4.74 Å². The zero-order chi connectivity index (χ0) is 11.7. The van der Waals surface area contributed by atoms with E-state index in [1.807, 2.05) is 17.8 Å². The molecule has 0 spiro atoms. The maximum Gasteiger partial charge on any atom is 0.119 e. The van der Waals surface area contributed by atoms with Crippen molar-refractivity contribution in [3.63, 3.8) is 0 Å². The van der Waals surface area contributed by atoms with Crippen LogP contribution in [0, 0.1) is 0 Å². The number of halogens is 1. The zero-order valence-electron chi connectivity index (χ0n) is 10.1. The van der Waals surface area contributed by atoms with Crippen molar-refractivity contribution in [1.82, 2.24) is 4.98 Å². The van der Waals surface area contributed by atoms with Gasteiger partial charge in [0.1, 0.15) is 5.75 Å². The van der Waals surface area contributed by atoms with E-state index in [0.29, 0.717) is 0 Å². The van der Waals surface area contributed by atoms with Crippen molar-refractivity contribution in [3.05, 3.63) is 45.9 Å². The van der Waals surface area contributed by atoms with Crippen molar-refractivity contribution in [1.29, 1.82) is 0 Å². The molecule has 1 aliphatic rings. The largest absolute Gasteiger partial charge is 0.497 e. The smallest absolute Gasteiger partial charge is 0.119 e. The standard InChI is InChI=1S/C14H13NOS.ClH/c1-16-12-4-5-14-10(6-12)2-3-11(14)7-13-8-15-9-17-13;/h4-9H,2-3H2,1H3;1H. The van der Waals surface area contributed by atoms with Crippen LogP contribution in [0.15, 0.2) is 29.9 Å². The molecule has 1 aromatic heterocycles. The molecule has 0 saturated carbocycles. The van der Waals surface area contributed by atoms with Crippen molar-refractivity contribution < 1.29 is 4.74 Å². The number of hydrogen-bond donors (Lipinski definition) is 0. The molecule has 94 valence electrons. The van der Waals surface area contributed by atoms with Crippen molar-refractivity contribution in [3.8, 4) is 5.75 Å². The highest BCUT2D eigenvalue weighted by Gasteiger charge is 2.16. The summed E-state index contributed by atoms with van der Waals surface area (Å²) < 4.78 is 5.25. The third-order valence-corrected chi connectivity index (χ3v) is 3.81. The van der Waals surface area contributed by atoms with Gasteiger partial charge in [-0.3, -0.25) is 4.98 Å². The van der Waals surface area contributed by atoms with Gasteiger partial charge >= 0.3 is 0 Å². The molecule has 0 fully saturated rings. The first-order valence-corrected chi connectivity index (χ1v) is 6.51. The first-order valence-electron chi connectivity index (χ1n) is 5.63. The van der Waals surface area contributed by atoms with Crippen LogP contribution < -0.4 is 4.74 Å². The number of benzene rings is 1. The third kappa shape index (κ3) is 2.42. The van der Waals surface area contributed by atoms with Crippen LogP contribution >= 0.6 is 23.7 Å². The molecule has 0 bridgehead atoms. The lowest BCUT2D eigenvalue weighted by Gasteiger charge is -2.04. The number of fused-ring (bicyclic) bond motifs is 1. The molecule has 1 aromatic carbocycles. The summed E-state index contributed by atoms with van der Waals surface area (Å²) >= 11 is 1.68. The lowest BCUT2D eigenvalue weighted by Crippen LogP contribution is -1.86. The Morgan fingerprint density at radius 3 is 2.94 bits per heavy atom. The van der Waals surface area contributed by atoms with Gasteiger partial charge in [0.05, 0.1) is 12.6 Å². The molecule has 0 aliphatic heterocycles. The highest BCUT2D eigenvalue weighted by molar-refractivity contribution is 7.10. The van der Waals surface area contributed by atoms with E-state index in [2.05, 4.69) is 23.2 Å². The lowest BCUT2D eigenvalue weighted by atomic mass is 10.1. The first kappa shape index (κ1) is 13.1. The average Bonchev–Trinajstić information content (AvgIpc) is 2.99. The molecule has 4 heteroatoms. The van der Waals surface area contributed by atoms with Gasteiger partial charge in [-0.2, -0.15) is 0 Å². The first-order chi connectivity index (χ1) is 8.36. The summed E-state index contributed by atoms with van der Waals surface area (Å²) in [5.41, 5.74) is 6.03. The molecule has 0 radical (unpaired) electrons. The summed E-state index contributed by atoms with van der Waals surface area (Å²) in [7, 11) is 1.71. The third-order valence-electron chi connectivity index (χ3n) is 3.09. The number of rotatable bonds is 2. The van der Waals surface area contributed by atoms with E-state index in [9.17, 15) is 0 Å². The molecule has 0 amide bonds. The minimum Gasteiger partial charge on any atom is -0.497 e. The van der Waals surface area contributed by atoms with Crippen LogP contribution in [0.3, 0.4) is 0 Å². The Morgan fingerprint density at radius 2 is 2.22 bits per heavy atom. The summed E-state index contributed by atoms with van der Waals surface area (Å²) in [4.78, 5) is 5.33. The van der Waals surface area contributed by atoms with Gasteiger partial charge in [0.25, 0.3) is 0 Å². The van der Waals surface area contributed by atoms with Crippen molar-refractivity contribution >= 4 is 35.4 Å². The van der Waals surface area contributed by atoms with E-state index in [4.69, 9.17) is 4.74 Å². The molecule has 2 nitrogen and oxygen atoms in total. The Bertz CT molecular complexity index is 563. The second kappa shape index (κ2) is 5.55. The second-order valence-electron chi connectivity index (χ2n) is 4.10. The highest BCUT2D eigenvalue weighted by Crippen LogP contribution is 2.35. The van der Waals surface area contributed by atoms with Crippen LogP contribution in [0.2, 0.25) is 0 Å². The van der Waals surface area contributed by atoms with Crippen LogP contribution in [-0.2, 0) is 6.42 Å². The number of ether oxygens (including phenoxy) is 1. The number of thiazole rings is 1. The van der Waals surface area contributed by atoms with Gasteiger partial charge in [0, 0.05) is 11.1 Å². The minimum absolute atomic E-state index is 0. The molecule has 0 N–H and O–H groups in total. The maximum atomic E-state index is 5.25. The van der Waals surface area contributed by atoms with E-state index in [1.54, 1.807) is 18.4 Å². The van der Waals surface area contributed by atoms with Gasteiger partial charge in [-0.25, -0.2) is 0 Å². The van der Waals surface area contributed by atoms with Gasteiger partial charge in [-0.15, -0.1) is 23.7 Å². The predicted octanol–water partition coefficient (Wildman–Crippen LogP) is 4.06. The second-order valence-corrected chi connectivity index (χ2v) is 5.01. The van der Waals surface area contributed by atoms with Crippen LogP contribution in [0.5, 0.6) is 5.75 Å². The van der Waals surface area contributed by atoms with E-state index in [-0.39, 0.29) is 12.4 Å². The predicted molar refractivity (Wildman–Crippen MR) is 78.5 cm³/mol. The number of aryl methyl sites for hydroxylation is 1. The fourth-order valence-corrected chi connectivity index (χ4v) is 2.82. The van der Waals surface area contributed by atoms with Crippen LogP contribution in [0.4, 0.5) is 0 Å². The number of allylic oxidation sites excluding steroid dienone is 1. The average molecular weight is 280 g/mol. The molecule has 2 aromatic rings. The van der Waals surface area contributed by atoms with Gasteiger partial charge in [-0.1, -0.05) is 6.07 Å². The number of nitrogens with zero attached hydrogens (tertiary/aromatic N) is 1. The maximum absolute atomic E-state index is 5.25. The Morgan fingerprint density at radius 1 is 1.33 bits per heavy atom. The Hall–Kier alpha value is -1.32. The molecule has 1 heterocycles. The summed E-state index contributed by atoms with van der Waals surface area (Å²) in [6.07, 6.45) is 6.38. The molecule has 18 heavy (non-hydrogen) atoms.